The predicted molar refractivity (Wildman–Crippen MR) is 125 cm³/mol. The van der Waals surface area contributed by atoms with Crippen molar-refractivity contribution in [1.29, 1.82) is 0 Å². The number of amides is 3. The van der Waals surface area contributed by atoms with Crippen LogP contribution in [0.5, 0.6) is 0 Å². The topological polar surface area (TPSA) is 111 Å². The highest BCUT2D eigenvalue weighted by atomic mass is 35.5. The number of nitrogens with one attached hydrogen (secondary N) is 3. The van der Waals surface area contributed by atoms with E-state index in [1.54, 1.807) is 12.1 Å². The molecular formula is C24H27ClN4O4. The first kappa shape index (κ1) is 23.1. The molecule has 1 unspecified atom stereocenters. The quantitative estimate of drug-likeness (QED) is 0.549. The number of carbonyl (C=O) groups is 3. The number of anilines is 1. The molecule has 2 heterocycles. The van der Waals surface area contributed by atoms with E-state index >= 15 is 0 Å². The van der Waals surface area contributed by atoms with E-state index in [9.17, 15) is 19.5 Å². The standard InChI is InChI=1S/C24H27ClN4O4/c1-15-5-4-8-18(20(15)25)27-22(31)24(9-11-29(12-10-24)23(32)33)28-21(30)19-13-16-6-2-3-7-17(16)14-26-19/h2-8,19,26H,9-14H2,1H3,(H,27,31)(H,28,30)(H,32,33). The highest BCUT2D eigenvalue weighted by Crippen LogP contribution is 2.29. The largest absolute Gasteiger partial charge is 0.465 e. The van der Waals surface area contributed by atoms with E-state index in [1.165, 1.54) is 4.90 Å². The van der Waals surface area contributed by atoms with E-state index in [0.717, 1.165) is 16.7 Å². The lowest BCUT2D eigenvalue weighted by atomic mass is 9.85. The maximum Gasteiger partial charge on any atom is 0.407 e. The molecule has 3 amide bonds. The highest BCUT2D eigenvalue weighted by molar-refractivity contribution is 6.34. The molecule has 2 aromatic carbocycles. The minimum atomic E-state index is -1.24. The van der Waals surface area contributed by atoms with Gasteiger partial charge in [0, 0.05) is 19.6 Å². The van der Waals surface area contributed by atoms with E-state index in [4.69, 9.17) is 11.6 Å². The number of fused-ring (bicyclic) bond motifs is 1. The van der Waals surface area contributed by atoms with Gasteiger partial charge >= 0.3 is 6.09 Å². The van der Waals surface area contributed by atoms with Crippen molar-refractivity contribution in [3.05, 3.63) is 64.2 Å². The summed E-state index contributed by atoms with van der Waals surface area (Å²) in [5, 5.41) is 18.8. The first-order chi connectivity index (χ1) is 15.8. The number of halogens is 1. The zero-order valence-electron chi connectivity index (χ0n) is 18.4. The van der Waals surface area contributed by atoms with Gasteiger partial charge in [0.1, 0.15) is 5.54 Å². The Bertz CT molecular complexity index is 1080. The summed E-state index contributed by atoms with van der Waals surface area (Å²) in [4.78, 5) is 39.4. The SMILES string of the molecule is Cc1cccc(NC(=O)C2(NC(=O)C3Cc4ccccc4CN3)CCN(C(=O)O)CC2)c1Cl. The van der Waals surface area contributed by atoms with Gasteiger partial charge in [0.15, 0.2) is 0 Å². The number of likely N-dealkylation sites (tertiary alicyclic amines) is 1. The lowest BCUT2D eigenvalue weighted by Gasteiger charge is -2.41. The van der Waals surface area contributed by atoms with Crippen LogP contribution in [0.3, 0.4) is 0 Å². The molecule has 0 bridgehead atoms. The Labute approximate surface area is 197 Å². The predicted octanol–water partition coefficient (Wildman–Crippen LogP) is 2.93. The van der Waals surface area contributed by atoms with Crippen LogP contribution in [0.1, 0.15) is 29.5 Å². The van der Waals surface area contributed by atoms with Gasteiger partial charge in [-0.2, -0.15) is 0 Å². The number of nitrogens with zero attached hydrogens (tertiary/aromatic N) is 1. The third kappa shape index (κ3) is 4.82. The summed E-state index contributed by atoms with van der Waals surface area (Å²) in [5.41, 5.74) is 2.29. The fourth-order valence-electron chi connectivity index (χ4n) is 4.44. The first-order valence-electron chi connectivity index (χ1n) is 11.0. The van der Waals surface area contributed by atoms with E-state index in [2.05, 4.69) is 16.0 Å². The van der Waals surface area contributed by atoms with Crippen molar-refractivity contribution >= 4 is 35.2 Å². The minimum absolute atomic E-state index is 0.144. The van der Waals surface area contributed by atoms with Gasteiger partial charge in [-0.3, -0.25) is 9.59 Å². The van der Waals surface area contributed by atoms with Gasteiger partial charge in [-0.15, -0.1) is 0 Å². The average molecular weight is 471 g/mol. The number of rotatable bonds is 4. The van der Waals surface area contributed by atoms with Crippen LogP contribution in [0.4, 0.5) is 10.5 Å². The highest BCUT2D eigenvalue weighted by Gasteiger charge is 2.45. The third-order valence-electron chi connectivity index (χ3n) is 6.52. The number of benzene rings is 2. The molecule has 9 heteroatoms. The van der Waals surface area contributed by atoms with E-state index in [1.807, 2.05) is 37.3 Å². The molecule has 4 N–H and O–H groups in total. The Morgan fingerprint density at radius 3 is 2.48 bits per heavy atom. The van der Waals surface area contributed by atoms with Crippen LogP contribution in [0.25, 0.3) is 0 Å². The molecule has 8 nitrogen and oxygen atoms in total. The molecule has 0 aliphatic carbocycles. The molecule has 1 atom stereocenters. The summed E-state index contributed by atoms with van der Waals surface area (Å²) >= 11 is 6.36. The molecule has 1 saturated heterocycles. The van der Waals surface area contributed by atoms with Crippen LogP contribution in [-0.4, -0.2) is 52.6 Å². The first-order valence-corrected chi connectivity index (χ1v) is 11.3. The summed E-state index contributed by atoms with van der Waals surface area (Å²) in [6.45, 7) is 2.70. The zero-order valence-corrected chi connectivity index (χ0v) is 19.1. The number of piperidine rings is 1. The van der Waals surface area contributed by atoms with Crippen molar-refractivity contribution in [2.75, 3.05) is 18.4 Å². The lowest BCUT2D eigenvalue weighted by molar-refractivity contribution is -0.133. The van der Waals surface area contributed by atoms with Gasteiger partial charge < -0.3 is 26.0 Å². The second-order valence-electron chi connectivity index (χ2n) is 8.64. The van der Waals surface area contributed by atoms with Crippen molar-refractivity contribution in [2.24, 2.45) is 0 Å². The summed E-state index contributed by atoms with van der Waals surface area (Å²) < 4.78 is 0. The van der Waals surface area contributed by atoms with Crippen LogP contribution in [-0.2, 0) is 22.6 Å². The fraction of sp³-hybridized carbons (Fsp3) is 0.375. The van der Waals surface area contributed by atoms with Crippen LogP contribution in [0.2, 0.25) is 5.02 Å². The molecule has 2 aromatic rings. The zero-order chi connectivity index (χ0) is 23.6. The number of hydrogen-bond acceptors (Lipinski definition) is 4. The summed E-state index contributed by atoms with van der Waals surface area (Å²) in [6, 6.07) is 12.8. The Kier molecular flexibility index (Phi) is 6.58. The molecule has 33 heavy (non-hydrogen) atoms. The second kappa shape index (κ2) is 9.41. The van der Waals surface area contributed by atoms with Crippen LogP contribution < -0.4 is 16.0 Å². The summed E-state index contributed by atoms with van der Waals surface area (Å²) in [7, 11) is 0. The second-order valence-corrected chi connectivity index (χ2v) is 9.02. The minimum Gasteiger partial charge on any atom is -0.465 e. The number of hydrogen-bond donors (Lipinski definition) is 4. The molecule has 174 valence electrons. The smallest absolute Gasteiger partial charge is 0.407 e. The maximum atomic E-state index is 13.5. The van der Waals surface area contributed by atoms with Gasteiger partial charge in [-0.25, -0.2) is 4.79 Å². The van der Waals surface area contributed by atoms with Crippen molar-refractivity contribution in [1.82, 2.24) is 15.5 Å². The van der Waals surface area contributed by atoms with E-state index in [-0.39, 0.29) is 31.8 Å². The molecule has 2 aliphatic heterocycles. The lowest BCUT2D eigenvalue weighted by Crippen LogP contribution is -2.65. The number of aryl methyl sites for hydroxylation is 1. The van der Waals surface area contributed by atoms with Gasteiger partial charge in [0.2, 0.25) is 11.8 Å². The molecule has 0 aromatic heterocycles. The van der Waals surface area contributed by atoms with Crippen molar-refractivity contribution < 1.29 is 19.5 Å². The Balaban J connectivity index is 1.54. The van der Waals surface area contributed by atoms with Crippen molar-refractivity contribution in [3.8, 4) is 0 Å². The fourth-order valence-corrected chi connectivity index (χ4v) is 4.61. The third-order valence-corrected chi connectivity index (χ3v) is 7.02. The monoisotopic (exact) mass is 470 g/mol. The average Bonchev–Trinajstić information content (AvgIpc) is 2.82. The molecule has 0 radical (unpaired) electrons. The van der Waals surface area contributed by atoms with Crippen molar-refractivity contribution in [2.45, 2.75) is 44.3 Å². The van der Waals surface area contributed by atoms with Gasteiger partial charge in [0.25, 0.3) is 0 Å². The molecule has 2 aliphatic rings. The molecular weight excluding hydrogens is 444 g/mol. The van der Waals surface area contributed by atoms with Crippen molar-refractivity contribution in [3.63, 3.8) is 0 Å². The Hall–Kier alpha value is -3.10. The van der Waals surface area contributed by atoms with E-state index < -0.39 is 23.6 Å². The Morgan fingerprint density at radius 1 is 1.09 bits per heavy atom. The number of carbonyl (C=O) groups excluding carboxylic acids is 2. The maximum absolute atomic E-state index is 13.5. The Morgan fingerprint density at radius 2 is 1.79 bits per heavy atom. The normalized spacial score (nSPS) is 19.3. The molecule has 4 rings (SSSR count). The van der Waals surface area contributed by atoms with Gasteiger partial charge in [-0.1, -0.05) is 48.0 Å². The summed E-state index contributed by atoms with van der Waals surface area (Å²) in [6.07, 6.45) is -0.180. The molecule has 0 spiro atoms. The van der Waals surface area contributed by atoms with Crippen LogP contribution in [0, 0.1) is 6.92 Å². The van der Waals surface area contributed by atoms with E-state index in [0.29, 0.717) is 23.7 Å². The number of carboxylic acid groups (broad SMARTS) is 1. The molecule has 0 saturated carbocycles. The summed E-state index contributed by atoms with van der Waals surface area (Å²) in [5.74, 6) is -0.677. The van der Waals surface area contributed by atoms with Crippen LogP contribution in [0.15, 0.2) is 42.5 Å². The van der Waals surface area contributed by atoms with Gasteiger partial charge in [-0.05, 0) is 48.9 Å². The van der Waals surface area contributed by atoms with Crippen LogP contribution >= 0.6 is 11.6 Å². The van der Waals surface area contributed by atoms with Gasteiger partial charge in [0.05, 0.1) is 16.8 Å². The molecule has 1 fully saturated rings.